The molecule has 0 fully saturated rings. The minimum absolute atomic E-state index is 0.196. The van der Waals surface area contributed by atoms with Crippen LogP contribution in [0.2, 0.25) is 0 Å². The van der Waals surface area contributed by atoms with Gasteiger partial charge in [-0.15, -0.1) is 11.3 Å². The average Bonchev–Trinajstić information content (AvgIpc) is 2.69. The molecule has 0 amide bonds. The van der Waals surface area contributed by atoms with Crippen molar-refractivity contribution in [3.63, 3.8) is 0 Å². The summed E-state index contributed by atoms with van der Waals surface area (Å²) in [5.74, 6) is -0.196. The number of carbonyl (C=O) groups is 1. The van der Waals surface area contributed by atoms with Crippen molar-refractivity contribution >= 4 is 17.3 Å². The number of aryl methyl sites for hydroxylation is 1. The molecular weight excluding hydrogens is 224 g/mol. The molecule has 5 heteroatoms. The molecule has 1 heterocycles. The summed E-state index contributed by atoms with van der Waals surface area (Å²) in [4.78, 5) is 15.7. The lowest BCUT2D eigenvalue weighted by Gasteiger charge is -2.13. The van der Waals surface area contributed by atoms with Crippen LogP contribution < -0.4 is 5.32 Å². The Bertz CT molecular complexity index is 338. The highest BCUT2D eigenvalue weighted by molar-refractivity contribution is 7.09. The van der Waals surface area contributed by atoms with E-state index in [4.69, 9.17) is 4.74 Å². The molecule has 16 heavy (non-hydrogen) atoms. The largest absolute Gasteiger partial charge is 0.468 e. The second-order valence-electron chi connectivity index (χ2n) is 3.57. The Morgan fingerprint density at radius 3 is 2.94 bits per heavy atom. The summed E-state index contributed by atoms with van der Waals surface area (Å²) in [5, 5.41) is 6.31. The molecule has 1 atom stereocenters. The third-order valence-electron chi connectivity index (χ3n) is 2.29. The number of hydrogen-bond donors (Lipinski definition) is 1. The Hall–Kier alpha value is -0.940. The molecule has 0 saturated heterocycles. The van der Waals surface area contributed by atoms with Crippen LogP contribution in [0.3, 0.4) is 0 Å². The first-order chi connectivity index (χ1) is 7.67. The third-order valence-corrected chi connectivity index (χ3v) is 3.32. The number of nitrogens with zero attached hydrogens (tertiary/aromatic N) is 1. The monoisotopic (exact) mass is 242 g/mol. The molecule has 1 N–H and O–H groups in total. The van der Waals surface area contributed by atoms with E-state index < -0.39 is 0 Å². The van der Waals surface area contributed by atoms with E-state index in [-0.39, 0.29) is 12.0 Å². The first-order valence-electron chi connectivity index (χ1n) is 5.39. The fourth-order valence-electron chi connectivity index (χ4n) is 1.41. The average molecular weight is 242 g/mol. The van der Waals surface area contributed by atoms with E-state index in [0.29, 0.717) is 0 Å². The van der Waals surface area contributed by atoms with E-state index in [2.05, 4.69) is 10.3 Å². The highest BCUT2D eigenvalue weighted by Crippen LogP contribution is 2.08. The smallest absolute Gasteiger partial charge is 0.322 e. The Kier molecular flexibility index (Phi) is 5.42. The van der Waals surface area contributed by atoms with E-state index in [1.807, 2.05) is 19.2 Å². The molecule has 0 spiro atoms. The molecule has 4 nitrogen and oxygen atoms in total. The van der Waals surface area contributed by atoms with Crippen LogP contribution in [-0.4, -0.2) is 30.6 Å². The molecule has 1 rings (SSSR count). The van der Waals surface area contributed by atoms with Crippen LogP contribution in [0.25, 0.3) is 0 Å². The SMILES string of the molecule is CCC(NCCc1nc(C)cs1)C(=O)OC. The summed E-state index contributed by atoms with van der Waals surface area (Å²) in [5.41, 5.74) is 1.06. The second kappa shape index (κ2) is 6.60. The van der Waals surface area contributed by atoms with Crippen molar-refractivity contribution in [3.8, 4) is 0 Å². The van der Waals surface area contributed by atoms with Crippen LogP contribution in [0.1, 0.15) is 24.0 Å². The van der Waals surface area contributed by atoms with Crippen molar-refractivity contribution in [1.29, 1.82) is 0 Å². The molecule has 0 aromatic carbocycles. The summed E-state index contributed by atoms with van der Waals surface area (Å²) in [6.07, 6.45) is 1.59. The van der Waals surface area contributed by atoms with Crippen LogP contribution in [0.15, 0.2) is 5.38 Å². The van der Waals surface area contributed by atoms with E-state index >= 15 is 0 Å². The standard InChI is InChI=1S/C11H18N2O2S/c1-4-9(11(14)15-3)12-6-5-10-13-8(2)7-16-10/h7,9,12H,4-6H2,1-3H3. The van der Waals surface area contributed by atoms with Gasteiger partial charge < -0.3 is 10.1 Å². The summed E-state index contributed by atoms with van der Waals surface area (Å²) in [6.45, 7) is 4.69. The zero-order valence-electron chi connectivity index (χ0n) is 9.95. The van der Waals surface area contributed by atoms with E-state index in [0.717, 1.165) is 30.1 Å². The molecule has 0 aliphatic rings. The van der Waals surface area contributed by atoms with Gasteiger partial charge in [0.1, 0.15) is 6.04 Å². The maximum absolute atomic E-state index is 11.3. The van der Waals surface area contributed by atoms with Gasteiger partial charge in [-0.2, -0.15) is 0 Å². The van der Waals surface area contributed by atoms with Crippen molar-refractivity contribution < 1.29 is 9.53 Å². The van der Waals surface area contributed by atoms with Crippen molar-refractivity contribution in [2.75, 3.05) is 13.7 Å². The fourth-order valence-corrected chi connectivity index (χ4v) is 2.18. The van der Waals surface area contributed by atoms with Gasteiger partial charge in [0.2, 0.25) is 0 Å². The summed E-state index contributed by atoms with van der Waals surface area (Å²) >= 11 is 1.66. The van der Waals surface area contributed by atoms with Crippen LogP contribution in [0.5, 0.6) is 0 Å². The maximum Gasteiger partial charge on any atom is 0.322 e. The Balaban J connectivity index is 2.31. The Labute approximate surface area is 100 Å². The van der Waals surface area contributed by atoms with Gasteiger partial charge in [-0.3, -0.25) is 4.79 Å². The molecule has 0 aliphatic heterocycles. The fraction of sp³-hybridized carbons (Fsp3) is 0.636. The number of ether oxygens (including phenoxy) is 1. The number of methoxy groups -OCH3 is 1. The lowest BCUT2D eigenvalue weighted by atomic mass is 10.2. The third kappa shape index (κ3) is 3.90. The van der Waals surface area contributed by atoms with Crippen LogP contribution in [-0.2, 0) is 16.0 Å². The number of aromatic nitrogens is 1. The summed E-state index contributed by atoms with van der Waals surface area (Å²) in [6, 6.07) is -0.203. The molecule has 1 aromatic heterocycles. The van der Waals surface area contributed by atoms with Gasteiger partial charge in [0.05, 0.1) is 12.1 Å². The van der Waals surface area contributed by atoms with E-state index in [1.54, 1.807) is 11.3 Å². The molecule has 0 aliphatic carbocycles. The van der Waals surface area contributed by atoms with Crippen LogP contribution in [0, 0.1) is 6.92 Å². The van der Waals surface area contributed by atoms with Gasteiger partial charge in [0.15, 0.2) is 0 Å². The Morgan fingerprint density at radius 1 is 1.69 bits per heavy atom. The van der Waals surface area contributed by atoms with Crippen molar-refractivity contribution in [2.24, 2.45) is 0 Å². The number of nitrogens with one attached hydrogen (secondary N) is 1. The number of carbonyl (C=O) groups excluding carboxylic acids is 1. The van der Waals surface area contributed by atoms with Gasteiger partial charge in [-0.05, 0) is 13.3 Å². The molecule has 90 valence electrons. The quantitative estimate of drug-likeness (QED) is 0.769. The van der Waals surface area contributed by atoms with Crippen molar-refractivity contribution in [2.45, 2.75) is 32.7 Å². The maximum atomic E-state index is 11.3. The molecular formula is C11H18N2O2S. The number of hydrogen-bond acceptors (Lipinski definition) is 5. The number of thiazole rings is 1. The molecule has 1 aromatic rings. The van der Waals surface area contributed by atoms with E-state index in [1.165, 1.54) is 7.11 Å². The second-order valence-corrected chi connectivity index (χ2v) is 4.51. The minimum Gasteiger partial charge on any atom is -0.468 e. The lowest BCUT2D eigenvalue weighted by molar-refractivity contribution is -0.143. The van der Waals surface area contributed by atoms with Crippen molar-refractivity contribution in [3.05, 3.63) is 16.1 Å². The first-order valence-corrected chi connectivity index (χ1v) is 6.27. The minimum atomic E-state index is -0.203. The number of esters is 1. The van der Waals surface area contributed by atoms with Gasteiger partial charge in [0, 0.05) is 24.0 Å². The normalized spacial score (nSPS) is 12.4. The summed E-state index contributed by atoms with van der Waals surface area (Å²) in [7, 11) is 1.41. The van der Waals surface area contributed by atoms with Crippen LogP contribution in [0.4, 0.5) is 0 Å². The van der Waals surface area contributed by atoms with E-state index in [9.17, 15) is 4.79 Å². The predicted octanol–water partition coefficient (Wildman–Crippen LogP) is 1.54. The predicted molar refractivity (Wildman–Crippen MR) is 64.7 cm³/mol. The van der Waals surface area contributed by atoms with Gasteiger partial charge in [0.25, 0.3) is 0 Å². The number of rotatable bonds is 6. The highest BCUT2D eigenvalue weighted by atomic mass is 32.1. The lowest BCUT2D eigenvalue weighted by Crippen LogP contribution is -2.38. The molecule has 0 radical (unpaired) electrons. The summed E-state index contributed by atoms with van der Waals surface area (Å²) < 4.78 is 4.70. The van der Waals surface area contributed by atoms with Gasteiger partial charge in [-0.25, -0.2) is 4.98 Å². The first kappa shape index (κ1) is 13.1. The van der Waals surface area contributed by atoms with Gasteiger partial charge in [-0.1, -0.05) is 6.92 Å². The highest BCUT2D eigenvalue weighted by Gasteiger charge is 2.15. The molecule has 1 unspecified atom stereocenters. The van der Waals surface area contributed by atoms with Crippen LogP contribution >= 0.6 is 11.3 Å². The molecule has 0 saturated carbocycles. The topological polar surface area (TPSA) is 51.2 Å². The zero-order chi connectivity index (χ0) is 12.0. The molecule has 0 bridgehead atoms. The Morgan fingerprint density at radius 2 is 2.44 bits per heavy atom. The van der Waals surface area contributed by atoms with Crippen molar-refractivity contribution in [1.82, 2.24) is 10.3 Å². The van der Waals surface area contributed by atoms with Gasteiger partial charge >= 0.3 is 5.97 Å². The zero-order valence-corrected chi connectivity index (χ0v) is 10.8.